The van der Waals surface area contributed by atoms with E-state index in [2.05, 4.69) is 44.7 Å². The first kappa shape index (κ1) is 26.3. The molecule has 202 valence electrons. The fourth-order valence-electron chi connectivity index (χ4n) is 4.49. The van der Waals surface area contributed by atoms with Gasteiger partial charge in [0.05, 0.1) is 5.69 Å². The van der Waals surface area contributed by atoms with Gasteiger partial charge in [-0.15, -0.1) is 11.3 Å². The van der Waals surface area contributed by atoms with Crippen molar-refractivity contribution >= 4 is 39.8 Å². The van der Waals surface area contributed by atoms with Crippen LogP contribution in [0.3, 0.4) is 0 Å². The van der Waals surface area contributed by atoms with Crippen molar-refractivity contribution in [1.29, 1.82) is 0 Å². The molecule has 1 aliphatic heterocycles. The van der Waals surface area contributed by atoms with Gasteiger partial charge in [0, 0.05) is 28.2 Å². The van der Waals surface area contributed by atoms with Crippen LogP contribution in [0.5, 0.6) is 0 Å². The SMILES string of the molecule is CC1(C)NCCc2cc(Nc3ncc(C(=O)NCC(F)(F)F)c(Nc4nc(C5(CF)CC5)cs4)n3)ccc21. The molecule has 1 aromatic carbocycles. The molecule has 8 nitrogen and oxygen atoms in total. The lowest BCUT2D eigenvalue weighted by Crippen LogP contribution is -2.42. The second-order valence-corrected chi connectivity index (χ2v) is 11.0. The molecule has 1 fully saturated rings. The van der Waals surface area contributed by atoms with E-state index in [1.165, 1.54) is 22.5 Å². The maximum atomic E-state index is 13.5. The molecule has 2 aromatic heterocycles. The van der Waals surface area contributed by atoms with E-state index >= 15 is 0 Å². The second-order valence-electron chi connectivity index (χ2n) is 10.1. The fraction of sp³-hybridized carbons (Fsp3) is 0.440. The summed E-state index contributed by atoms with van der Waals surface area (Å²) in [5.74, 6) is -0.859. The van der Waals surface area contributed by atoms with Crippen LogP contribution in [-0.4, -0.2) is 46.8 Å². The zero-order valence-corrected chi connectivity index (χ0v) is 21.6. The lowest BCUT2D eigenvalue weighted by Gasteiger charge is -2.34. The Balaban J connectivity index is 1.42. The van der Waals surface area contributed by atoms with E-state index in [1.54, 1.807) is 5.38 Å². The summed E-state index contributed by atoms with van der Waals surface area (Å²) in [5, 5.41) is 13.5. The summed E-state index contributed by atoms with van der Waals surface area (Å²) in [5.41, 5.74) is 2.80. The van der Waals surface area contributed by atoms with Crippen molar-refractivity contribution < 1.29 is 22.4 Å². The quantitative estimate of drug-likeness (QED) is 0.290. The number of benzene rings is 1. The summed E-state index contributed by atoms with van der Waals surface area (Å²) in [6.07, 6.45) is -1.15. The molecule has 4 N–H and O–H groups in total. The minimum absolute atomic E-state index is 0.0172. The highest BCUT2D eigenvalue weighted by Gasteiger charge is 2.46. The van der Waals surface area contributed by atoms with Crippen LogP contribution in [0.15, 0.2) is 29.8 Å². The highest BCUT2D eigenvalue weighted by molar-refractivity contribution is 7.13. The van der Waals surface area contributed by atoms with Gasteiger partial charge >= 0.3 is 6.18 Å². The van der Waals surface area contributed by atoms with Crippen LogP contribution < -0.4 is 21.3 Å². The highest BCUT2D eigenvalue weighted by atomic mass is 32.1. The number of nitrogens with one attached hydrogen (secondary N) is 4. The number of aromatic nitrogens is 3. The van der Waals surface area contributed by atoms with Gasteiger partial charge in [-0.1, -0.05) is 6.07 Å². The molecule has 0 atom stereocenters. The van der Waals surface area contributed by atoms with Gasteiger partial charge in [0.1, 0.15) is 18.8 Å². The van der Waals surface area contributed by atoms with Gasteiger partial charge < -0.3 is 21.3 Å². The maximum Gasteiger partial charge on any atom is 0.405 e. The van der Waals surface area contributed by atoms with Crippen LogP contribution in [0.4, 0.5) is 40.1 Å². The molecule has 3 aromatic rings. The van der Waals surface area contributed by atoms with Gasteiger partial charge in [0.15, 0.2) is 10.9 Å². The third-order valence-electron chi connectivity index (χ3n) is 6.86. The number of thiazole rings is 1. The van der Waals surface area contributed by atoms with Crippen molar-refractivity contribution in [2.75, 3.05) is 30.4 Å². The van der Waals surface area contributed by atoms with Crippen LogP contribution in [0.25, 0.3) is 0 Å². The first-order chi connectivity index (χ1) is 18.0. The van der Waals surface area contributed by atoms with Crippen molar-refractivity contribution in [3.8, 4) is 0 Å². The highest BCUT2D eigenvalue weighted by Crippen LogP contribution is 2.49. The van der Waals surface area contributed by atoms with E-state index in [0.717, 1.165) is 24.8 Å². The van der Waals surface area contributed by atoms with Gasteiger partial charge in [-0.05, 0) is 62.9 Å². The summed E-state index contributed by atoms with van der Waals surface area (Å²) in [4.78, 5) is 25.6. The molecule has 1 saturated carbocycles. The minimum atomic E-state index is -4.57. The standard InChI is InChI=1S/C25H27F4N7OS/c1-23(2)17-4-3-15(9-14(17)5-8-32-23)33-21-30-10-16(20(37)31-13-25(27,28)29)19(35-21)36-22-34-18(11-38-22)24(12-26)6-7-24/h3-4,9-11,32H,5-8,12-13H2,1-2H3,(H,31,37)(H2,30,33,34,35,36). The summed E-state index contributed by atoms with van der Waals surface area (Å²) in [6.45, 7) is 3.06. The maximum absolute atomic E-state index is 13.5. The molecular formula is C25H27F4N7OS. The number of carbonyl (C=O) groups excluding carboxylic acids is 1. The molecule has 38 heavy (non-hydrogen) atoms. The Labute approximate surface area is 220 Å². The Morgan fingerprint density at radius 1 is 1.18 bits per heavy atom. The van der Waals surface area contributed by atoms with Crippen molar-refractivity contribution in [2.45, 2.75) is 50.2 Å². The topological polar surface area (TPSA) is 104 Å². The van der Waals surface area contributed by atoms with Crippen LogP contribution in [-0.2, 0) is 17.4 Å². The third kappa shape index (κ3) is 5.58. The van der Waals surface area contributed by atoms with Crippen molar-refractivity contribution in [2.24, 2.45) is 0 Å². The van der Waals surface area contributed by atoms with Crippen LogP contribution >= 0.6 is 11.3 Å². The largest absolute Gasteiger partial charge is 0.405 e. The lowest BCUT2D eigenvalue weighted by molar-refractivity contribution is -0.123. The molecule has 2 aliphatic rings. The number of rotatable bonds is 8. The van der Waals surface area contributed by atoms with E-state index in [-0.39, 0.29) is 22.9 Å². The third-order valence-corrected chi connectivity index (χ3v) is 7.62. The van der Waals surface area contributed by atoms with Gasteiger partial charge in [0.2, 0.25) is 5.95 Å². The van der Waals surface area contributed by atoms with Crippen LogP contribution in [0, 0.1) is 0 Å². The van der Waals surface area contributed by atoms with Gasteiger partial charge in [-0.2, -0.15) is 18.2 Å². The lowest BCUT2D eigenvalue weighted by atomic mass is 9.85. The summed E-state index contributed by atoms with van der Waals surface area (Å²) in [7, 11) is 0. The molecule has 0 bridgehead atoms. The average molecular weight is 550 g/mol. The van der Waals surface area contributed by atoms with E-state index in [9.17, 15) is 22.4 Å². The zero-order valence-electron chi connectivity index (χ0n) is 20.8. The molecule has 3 heterocycles. The van der Waals surface area contributed by atoms with E-state index in [1.807, 2.05) is 23.5 Å². The van der Waals surface area contributed by atoms with Crippen molar-refractivity contribution in [1.82, 2.24) is 25.6 Å². The molecule has 1 aliphatic carbocycles. The first-order valence-corrected chi connectivity index (χ1v) is 13.0. The minimum Gasteiger partial charge on any atom is -0.343 e. The van der Waals surface area contributed by atoms with Gasteiger partial charge in [-0.3, -0.25) is 9.18 Å². The number of alkyl halides is 4. The van der Waals surface area contributed by atoms with Gasteiger partial charge in [-0.25, -0.2) is 9.97 Å². The van der Waals surface area contributed by atoms with Crippen molar-refractivity contribution in [3.63, 3.8) is 0 Å². The second kappa shape index (κ2) is 9.77. The summed E-state index contributed by atoms with van der Waals surface area (Å²) >= 11 is 1.20. The number of nitrogens with zero attached hydrogens (tertiary/aromatic N) is 3. The Morgan fingerprint density at radius 3 is 2.68 bits per heavy atom. The molecule has 0 spiro atoms. The van der Waals surface area contributed by atoms with E-state index in [0.29, 0.717) is 23.7 Å². The Bertz CT molecular complexity index is 1350. The first-order valence-electron chi connectivity index (χ1n) is 12.1. The number of halogens is 4. The smallest absolute Gasteiger partial charge is 0.343 e. The van der Waals surface area contributed by atoms with E-state index in [4.69, 9.17) is 0 Å². The summed E-state index contributed by atoms with van der Waals surface area (Å²) in [6, 6.07) is 5.93. The number of anilines is 4. The molecule has 0 saturated heterocycles. The van der Waals surface area contributed by atoms with Crippen LogP contribution in [0.2, 0.25) is 0 Å². The average Bonchev–Trinajstić information content (AvgIpc) is 3.52. The molecule has 0 radical (unpaired) electrons. The van der Waals surface area contributed by atoms with Crippen LogP contribution in [0.1, 0.15) is 53.9 Å². The number of hydrogen-bond acceptors (Lipinski definition) is 8. The Morgan fingerprint density at radius 2 is 1.97 bits per heavy atom. The zero-order chi connectivity index (χ0) is 27.1. The van der Waals surface area contributed by atoms with E-state index < -0.39 is 30.7 Å². The predicted molar refractivity (Wildman–Crippen MR) is 137 cm³/mol. The molecule has 5 rings (SSSR count). The molecule has 13 heteroatoms. The number of hydrogen-bond donors (Lipinski definition) is 4. The number of amides is 1. The number of carbonyl (C=O) groups is 1. The molecule has 1 amide bonds. The van der Waals surface area contributed by atoms with Gasteiger partial charge in [0.25, 0.3) is 5.91 Å². The monoisotopic (exact) mass is 549 g/mol. The molecular weight excluding hydrogens is 522 g/mol. The number of fused-ring (bicyclic) bond motifs is 1. The Hall–Kier alpha value is -3.32. The summed E-state index contributed by atoms with van der Waals surface area (Å²) < 4.78 is 51.6. The predicted octanol–water partition coefficient (Wildman–Crippen LogP) is 5.09. The normalized spacial score (nSPS) is 17.4. The molecule has 0 unspecified atom stereocenters. The van der Waals surface area contributed by atoms with Crippen molar-refractivity contribution in [3.05, 3.63) is 52.2 Å². The Kier molecular flexibility index (Phi) is 6.76. The fourth-order valence-corrected chi connectivity index (χ4v) is 5.32.